The number of hydrogen-bond acceptors (Lipinski definition) is 3. The average molecular weight is 537 g/mol. The number of aromatic amines is 1. The van der Waals surface area contributed by atoms with Crippen molar-refractivity contribution < 1.29 is 4.74 Å². The number of rotatable bonds is 5. The van der Waals surface area contributed by atoms with Gasteiger partial charge in [-0.2, -0.15) is 5.26 Å². The first-order valence-corrected chi connectivity index (χ1v) is 11.3. The molecule has 0 radical (unpaired) electrons. The van der Waals surface area contributed by atoms with Crippen LogP contribution in [0.2, 0.25) is 0 Å². The zero-order chi connectivity index (χ0) is 22.0. The molecule has 0 aliphatic heterocycles. The molecule has 0 atom stereocenters. The molecule has 4 nitrogen and oxygen atoms in total. The van der Waals surface area contributed by atoms with Crippen molar-refractivity contribution in [3.8, 4) is 11.8 Å². The van der Waals surface area contributed by atoms with Gasteiger partial charge in [0, 0.05) is 0 Å². The van der Waals surface area contributed by atoms with Crippen LogP contribution in [0.25, 0.3) is 22.7 Å². The zero-order valence-corrected chi connectivity index (χ0v) is 20.2. The van der Waals surface area contributed by atoms with E-state index < -0.39 is 0 Å². The number of aryl methyl sites for hydroxylation is 2. The number of nitriles is 1. The number of ether oxygens (including phenoxy) is 1. The fraction of sp³-hybridized carbons (Fsp3) is 0.120. The highest BCUT2D eigenvalue weighted by atomic mass is 79.9. The monoisotopic (exact) mass is 535 g/mol. The molecule has 4 aromatic rings. The minimum Gasteiger partial charge on any atom is -0.487 e. The number of imidazole rings is 1. The van der Waals surface area contributed by atoms with E-state index in [2.05, 4.69) is 67.0 Å². The summed E-state index contributed by atoms with van der Waals surface area (Å²) < 4.78 is 7.64. The second-order valence-electron chi connectivity index (χ2n) is 7.37. The Morgan fingerprint density at radius 2 is 1.81 bits per heavy atom. The number of halogens is 2. The molecule has 0 amide bonds. The van der Waals surface area contributed by atoms with Crippen molar-refractivity contribution in [2.45, 2.75) is 20.5 Å². The highest BCUT2D eigenvalue weighted by Crippen LogP contribution is 2.36. The third kappa shape index (κ3) is 4.90. The van der Waals surface area contributed by atoms with Crippen LogP contribution in [0.4, 0.5) is 0 Å². The van der Waals surface area contributed by atoms with E-state index >= 15 is 0 Å². The van der Waals surface area contributed by atoms with Crippen LogP contribution in [0.1, 0.15) is 28.1 Å². The van der Waals surface area contributed by atoms with Crippen LogP contribution in [-0.2, 0) is 6.61 Å². The Bertz CT molecular complexity index is 1330. The Balaban J connectivity index is 1.61. The molecule has 0 saturated carbocycles. The van der Waals surface area contributed by atoms with Crippen molar-refractivity contribution in [2.24, 2.45) is 0 Å². The minimum atomic E-state index is 0.459. The second kappa shape index (κ2) is 9.09. The van der Waals surface area contributed by atoms with Crippen molar-refractivity contribution in [1.82, 2.24) is 9.97 Å². The van der Waals surface area contributed by atoms with Crippen molar-refractivity contribution >= 4 is 54.5 Å². The smallest absolute Gasteiger partial charge is 0.149 e. The van der Waals surface area contributed by atoms with Gasteiger partial charge in [0.2, 0.25) is 0 Å². The quantitative estimate of drug-likeness (QED) is 0.271. The van der Waals surface area contributed by atoms with Crippen LogP contribution >= 0.6 is 31.9 Å². The second-order valence-corrected chi connectivity index (χ2v) is 9.08. The SMILES string of the molecule is Cc1cccc(COc2c(Br)cc(/C=C(/C#N)c3nc4ccc(C)cc4[nH]3)cc2Br)c1. The lowest BCUT2D eigenvalue weighted by atomic mass is 10.1. The van der Waals surface area contributed by atoms with Crippen molar-refractivity contribution in [3.63, 3.8) is 0 Å². The molecule has 0 fully saturated rings. The summed E-state index contributed by atoms with van der Waals surface area (Å²) in [5.74, 6) is 1.27. The average Bonchev–Trinajstić information content (AvgIpc) is 3.14. The number of allylic oxidation sites excluding steroid dienone is 1. The van der Waals surface area contributed by atoms with Crippen LogP contribution in [-0.4, -0.2) is 9.97 Å². The fourth-order valence-electron chi connectivity index (χ4n) is 3.33. The number of nitrogens with zero attached hydrogens (tertiary/aromatic N) is 2. The first kappa shape index (κ1) is 21.4. The Labute approximate surface area is 197 Å². The van der Waals surface area contributed by atoms with Gasteiger partial charge in [0.05, 0.1) is 25.6 Å². The summed E-state index contributed by atoms with van der Waals surface area (Å²) in [4.78, 5) is 7.80. The molecule has 1 N–H and O–H groups in total. The van der Waals surface area contributed by atoms with E-state index in [0.29, 0.717) is 18.0 Å². The minimum absolute atomic E-state index is 0.459. The molecule has 31 heavy (non-hydrogen) atoms. The number of nitrogens with one attached hydrogen (secondary N) is 1. The highest BCUT2D eigenvalue weighted by molar-refractivity contribution is 9.11. The summed E-state index contributed by atoms with van der Waals surface area (Å²) in [7, 11) is 0. The van der Waals surface area contributed by atoms with Gasteiger partial charge >= 0.3 is 0 Å². The Morgan fingerprint density at radius 1 is 1.06 bits per heavy atom. The summed E-state index contributed by atoms with van der Waals surface area (Å²) in [5.41, 5.74) is 6.51. The number of aromatic nitrogens is 2. The predicted octanol–water partition coefficient (Wildman–Crippen LogP) is 7.35. The van der Waals surface area contributed by atoms with Crippen LogP contribution in [0.3, 0.4) is 0 Å². The maximum Gasteiger partial charge on any atom is 0.149 e. The van der Waals surface area contributed by atoms with Crippen LogP contribution in [0, 0.1) is 25.2 Å². The van der Waals surface area contributed by atoms with Gasteiger partial charge in [-0.15, -0.1) is 0 Å². The maximum atomic E-state index is 9.72. The Hall–Kier alpha value is -2.88. The number of fused-ring (bicyclic) bond motifs is 1. The molecule has 0 spiro atoms. The fourth-order valence-corrected chi connectivity index (χ4v) is 4.78. The van der Waals surface area contributed by atoms with E-state index in [1.165, 1.54) is 5.56 Å². The molecular weight excluding hydrogens is 518 g/mol. The normalized spacial score (nSPS) is 11.5. The summed E-state index contributed by atoms with van der Waals surface area (Å²) in [6, 6.07) is 20.3. The number of H-pyrrole nitrogens is 1. The van der Waals surface area contributed by atoms with E-state index in [1.54, 1.807) is 0 Å². The molecule has 0 bridgehead atoms. The van der Waals surface area contributed by atoms with E-state index in [-0.39, 0.29) is 0 Å². The lowest BCUT2D eigenvalue weighted by Crippen LogP contribution is -1.97. The third-order valence-electron chi connectivity index (χ3n) is 4.81. The van der Waals surface area contributed by atoms with Gasteiger partial charge in [-0.05, 0) is 92.7 Å². The third-order valence-corrected chi connectivity index (χ3v) is 5.99. The van der Waals surface area contributed by atoms with Gasteiger partial charge in [0.25, 0.3) is 0 Å². The molecule has 1 heterocycles. The van der Waals surface area contributed by atoms with Crippen LogP contribution in [0.5, 0.6) is 5.75 Å². The van der Waals surface area contributed by atoms with E-state index in [1.807, 2.05) is 55.5 Å². The summed E-state index contributed by atoms with van der Waals surface area (Å²) in [5, 5.41) is 9.72. The summed E-state index contributed by atoms with van der Waals surface area (Å²) >= 11 is 7.20. The predicted molar refractivity (Wildman–Crippen MR) is 132 cm³/mol. The maximum absolute atomic E-state index is 9.72. The molecule has 0 unspecified atom stereocenters. The number of hydrogen-bond donors (Lipinski definition) is 1. The van der Waals surface area contributed by atoms with Crippen molar-refractivity contribution in [1.29, 1.82) is 5.26 Å². The van der Waals surface area contributed by atoms with E-state index in [4.69, 9.17) is 4.74 Å². The van der Waals surface area contributed by atoms with Crippen molar-refractivity contribution in [2.75, 3.05) is 0 Å². The molecule has 6 heteroatoms. The number of benzene rings is 3. The lowest BCUT2D eigenvalue weighted by Gasteiger charge is -2.12. The molecule has 0 aliphatic carbocycles. The summed E-state index contributed by atoms with van der Waals surface area (Å²) in [6.07, 6.45) is 1.81. The molecular formula is C25H19Br2N3O. The molecule has 154 valence electrons. The van der Waals surface area contributed by atoms with E-state index in [9.17, 15) is 5.26 Å². The Morgan fingerprint density at radius 3 is 2.52 bits per heavy atom. The standard InChI is InChI=1S/C25H19Br2N3O/c1-15-4-3-5-17(8-15)14-31-24-20(26)11-18(12-21(24)27)10-19(13-28)25-29-22-7-6-16(2)9-23(22)30-25/h3-12H,14H2,1-2H3,(H,29,30)/b19-10-. The molecule has 0 saturated heterocycles. The lowest BCUT2D eigenvalue weighted by molar-refractivity contribution is 0.302. The molecule has 4 rings (SSSR count). The van der Waals surface area contributed by atoms with Crippen LogP contribution in [0.15, 0.2) is 63.5 Å². The van der Waals surface area contributed by atoms with Gasteiger partial charge in [0.15, 0.2) is 0 Å². The van der Waals surface area contributed by atoms with Gasteiger partial charge in [-0.25, -0.2) is 4.98 Å². The van der Waals surface area contributed by atoms with Gasteiger partial charge in [0.1, 0.15) is 24.3 Å². The topological polar surface area (TPSA) is 61.7 Å². The van der Waals surface area contributed by atoms with Crippen molar-refractivity contribution in [3.05, 3.63) is 91.6 Å². The zero-order valence-electron chi connectivity index (χ0n) is 17.0. The van der Waals surface area contributed by atoms with Gasteiger partial charge in [-0.3, -0.25) is 0 Å². The van der Waals surface area contributed by atoms with E-state index in [0.717, 1.165) is 42.4 Å². The first-order chi connectivity index (χ1) is 14.9. The molecule has 3 aromatic carbocycles. The van der Waals surface area contributed by atoms with Gasteiger partial charge < -0.3 is 9.72 Å². The summed E-state index contributed by atoms with van der Waals surface area (Å²) in [6.45, 7) is 4.56. The molecule has 1 aromatic heterocycles. The van der Waals surface area contributed by atoms with Gasteiger partial charge in [-0.1, -0.05) is 35.9 Å². The largest absolute Gasteiger partial charge is 0.487 e. The first-order valence-electron chi connectivity index (χ1n) is 9.69. The molecule has 0 aliphatic rings. The highest BCUT2D eigenvalue weighted by Gasteiger charge is 2.12. The van der Waals surface area contributed by atoms with Crippen LogP contribution < -0.4 is 4.74 Å². The Kier molecular flexibility index (Phi) is 6.26.